The predicted octanol–water partition coefficient (Wildman–Crippen LogP) is 1.07. The number of hydrogen-bond acceptors (Lipinski definition) is 6. The number of aryl methyl sites for hydroxylation is 2. The van der Waals surface area contributed by atoms with Crippen LogP contribution in [0.1, 0.15) is 30.6 Å². The van der Waals surface area contributed by atoms with E-state index in [-0.39, 0.29) is 12.2 Å². The maximum absolute atomic E-state index is 5.90. The second kappa shape index (κ2) is 5.34. The Kier molecular flexibility index (Phi) is 3.54. The van der Waals surface area contributed by atoms with Gasteiger partial charge in [0, 0.05) is 32.5 Å². The van der Waals surface area contributed by atoms with Crippen LogP contribution in [0.3, 0.4) is 0 Å². The number of imidazole rings is 1. The Morgan fingerprint density at radius 1 is 1.40 bits per heavy atom. The molecule has 20 heavy (non-hydrogen) atoms. The van der Waals surface area contributed by atoms with Crippen molar-refractivity contribution in [3.8, 4) is 0 Å². The molecule has 0 bridgehead atoms. The van der Waals surface area contributed by atoms with Crippen LogP contribution in [0.15, 0.2) is 16.9 Å². The molecule has 1 aliphatic heterocycles. The number of aromatic nitrogens is 4. The average molecular weight is 277 g/mol. The van der Waals surface area contributed by atoms with Crippen LogP contribution in [0.4, 0.5) is 0 Å². The van der Waals surface area contributed by atoms with Gasteiger partial charge in [-0.15, -0.1) is 0 Å². The number of hydrogen-bond donors (Lipinski definition) is 0. The van der Waals surface area contributed by atoms with E-state index in [2.05, 4.69) is 26.9 Å². The van der Waals surface area contributed by atoms with E-state index < -0.39 is 0 Å². The van der Waals surface area contributed by atoms with Gasteiger partial charge in [-0.1, -0.05) is 5.16 Å². The third-order valence-corrected chi connectivity index (χ3v) is 3.44. The molecule has 0 amide bonds. The van der Waals surface area contributed by atoms with Gasteiger partial charge in [-0.25, -0.2) is 4.98 Å². The van der Waals surface area contributed by atoms with Crippen molar-refractivity contribution in [2.75, 3.05) is 13.1 Å². The number of morpholine rings is 1. The molecule has 0 saturated carbocycles. The molecular formula is C13H19N5O2. The monoisotopic (exact) mass is 277 g/mol. The van der Waals surface area contributed by atoms with E-state index in [1.807, 2.05) is 30.9 Å². The summed E-state index contributed by atoms with van der Waals surface area (Å²) in [7, 11) is 2.01. The molecule has 0 N–H and O–H groups in total. The molecule has 1 aliphatic rings. The Morgan fingerprint density at radius 2 is 2.25 bits per heavy atom. The molecule has 2 aromatic heterocycles. The minimum Gasteiger partial charge on any atom is -0.363 e. The Hall–Kier alpha value is -1.73. The minimum atomic E-state index is -0.166. The molecule has 3 rings (SSSR count). The van der Waals surface area contributed by atoms with Crippen LogP contribution in [-0.4, -0.2) is 43.8 Å². The molecule has 0 aromatic carbocycles. The van der Waals surface area contributed by atoms with E-state index >= 15 is 0 Å². The fourth-order valence-corrected chi connectivity index (χ4v) is 2.50. The van der Waals surface area contributed by atoms with Gasteiger partial charge in [0.1, 0.15) is 11.9 Å². The van der Waals surface area contributed by atoms with Crippen molar-refractivity contribution in [2.24, 2.45) is 7.05 Å². The lowest BCUT2D eigenvalue weighted by Crippen LogP contribution is -2.42. The molecule has 2 aromatic rings. The summed E-state index contributed by atoms with van der Waals surface area (Å²) in [6, 6.07) is 0. The quantitative estimate of drug-likeness (QED) is 0.836. The fraction of sp³-hybridized carbons (Fsp3) is 0.615. The van der Waals surface area contributed by atoms with E-state index in [0.29, 0.717) is 11.7 Å². The zero-order chi connectivity index (χ0) is 14.1. The van der Waals surface area contributed by atoms with Gasteiger partial charge in [0.25, 0.3) is 5.89 Å². The maximum atomic E-state index is 5.90. The summed E-state index contributed by atoms with van der Waals surface area (Å²) in [6.07, 6.45) is 3.73. The molecule has 2 atom stereocenters. The number of rotatable bonds is 3. The smallest absolute Gasteiger partial charge is 0.257 e. The molecule has 3 heterocycles. The van der Waals surface area contributed by atoms with E-state index in [4.69, 9.17) is 9.26 Å². The van der Waals surface area contributed by atoms with Crippen LogP contribution in [0.2, 0.25) is 0 Å². The lowest BCUT2D eigenvalue weighted by atomic mass is 10.2. The minimum absolute atomic E-state index is 0.126. The van der Waals surface area contributed by atoms with E-state index in [1.165, 1.54) is 0 Å². The lowest BCUT2D eigenvalue weighted by molar-refractivity contribution is -0.0937. The third-order valence-electron chi connectivity index (χ3n) is 3.44. The first kappa shape index (κ1) is 13.3. The first-order chi connectivity index (χ1) is 9.61. The normalized spacial score (nSPS) is 24.1. The zero-order valence-corrected chi connectivity index (χ0v) is 12.0. The molecule has 1 fully saturated rings. The van der Waals surface area contributed by atoms with Gasteiger partial charge in [-0.3, -0.25) is 4.90 Å². The Morgan fingerprint density at radius 3 is 2.90 bits per heavy atom. The zero-order valence-electron chi connectivity index (χ0n) is 12.0. The Bertz CT molecular complexity index is 579. The highest BCUT2D eigenvalue weighted by molar-refractivity contribution is 4.95. The number of nitrogens with zero attached hydrogens (tertiary/aromatic N) is 5. The summed E-state index contributed by atoms with van der Waals surface area (Å²) in [6.45, 7) is 6.27. The van der Waals surface area contributed by atoms with Gasteiger partial charge in [0.15, 0.2) is 5.82 Å². The van der Waals surface area contributed by atoms with Gasteiger partial charge in [-0.05, 0) is 13.8 Å². The summed E-state index contributed by atoms with van der Waals surface area (Å²) in [4.78, 5) is 10.9. The molecule has 0 unspecified atom stereocenters. The summed E-state index contributed by atoms with van der Waals surface area (Å²) in [5.74, 6) is 2.23. The summed E-state index contributed by atoms with van der Waals surface area (Å²) >= 11 is 0. The van der Waals surface area contributed by atoms with Crippen LogP contribution in [0.25, 0.3) is 0 Å². The molecule has 108 valence electrons. The van der Waals surface area contributed by atoms with Gasteiger partial charge in [0.2, 0.25) is 0 Å². The van der Waals surface area contributed by atoms with E-state index in [1.54, 1.807) is 0 Å². The van der Waals surface area contributed by atoms with Crippen LogP contribution < -0.4 is 0 Å². The van der Waals surface area contributed by atoms with Gasteiger partial charge < -0.3 is 13.8 Å². The highest BCUT2D eigenvalue weighted by atomic mass is 16.5. The van der Waals surface area contributed by atoms with Crippen molar-refractivity contribution in [3.05, 3.63) is 29.9 Å². The first-order valence-electron chi connectivity index (χ1n) is 6.76. The number of ether oxygens (including phenoxy) is 1. The van der Waals surface area contributed by atoms with Crippen LogP contribution >= 0.6 is 0 Å². The molecule has 0 spiro atoms. The van der Waals surface area contributed by atoms with E-state index in [0.717, 1.165) is 25.5 Å². The van der Waals surface area contributed by atoms with Crippen molar-refractivity contribution < 1.29 is 9.26 Å². The van der Waals surface area contributed by atoms with Crippen molar-refractivity contribution in [2.45, 2.75) is 32.6 Å². The maximum Gasteiger partial charge on any atom is 0.257 e. The standard InChI is InChI=1S/C13H19N5O2/c1-9-6-18(8-12-14-4-5-17(12)3)7-11(19-9)13-15-10(2)16-20-13/h4-5,9,11H,6-8H2,1-3H3/t9-,11-/m1/s1. The SMILES string of the molecule is Cc1noc([C@H]2CN(Cc3nccn3C)C[C@@H](C)O2)n1. The van der Waals surface area contributed by atoms with Crippen molar-refractivity contribution in [1.82, 2.24) is 24.6 Å². The topological polar surface area (TPSA) is 69.2 Å². The summed E-state index contributed by atoms with van der Waals surface area (Å²) in [5, 5.41) is 3.83. The largest absolute Gasteiger partial charge is 0.363 e. The second-order valence-electron chi connectivity index (χ2n) is 5.26. The fourth-order valence-electron chi connectivity index (χ4n) is 2.50. The Labute approximate surface area is 117 Å². The van der Waals surface area contributed by atoms with Crippen molar-refractivity contribution in [1.29, 1.82) is 0 Å². The molecular weight excluding hydrogens is 258 g/mol. The Balaban J connectivity index is 1.71. The van der Waals surface area contributed by atoms with Crippen LogP contribution in [0.5, 0.6) is 0 Å². The first-order valence-corrected chi connectivity index (χ1v) is 6.76. The molecule has 1 saturated heterocycles. The van der Waals surface area contributed by atoms with Gasteiger partial charge >= 0.3 is 0 Å². The van der Waals surface area contributed by atoms with Gasteiger partial charge in [-0.2, -0.15) is 4.98 Å². The van der Waals surface area contributed by atoms with Crippen molar-refractivity contribution >= 4 is 0 Å². The molecule has 7 heteroatoms. The van der Waals surface area contributed by atoms with E-state index in [9.17, 15) is 0 Å². The average Bonchev–Trinajstić information content (AvgIpc) is 2.99. The molecule has 7 nitrogen and oxygen atoms in total. The highest BCUT2D eigenvalue weighted by Crippen LogP contribution is 2.24. The third kappa shape index (κ3) is 2.73. The summed E-state index contributed by atoms with van der Waals surface area (Å²) < 4.78 is 13.2. The van der Waals surface area contributed by atoms with Crippen molar-refractivity contribution in [3.63, 3.8) is 0 Å². The highest BCUT2D eigenvalue weighted by Gasteiger charge is 2.30. The van der Waals surface area contributed by atoms with Gasteiger partial charge in [0.05, 0.1) is 12.6 Å². The predicted molar refractivity (Wildman–Crippen MR) is 70.8 cm³/mol. The summed E-state index contributed by atoms with van der Waals surface area (Å²) in [5.41, 5.74) is 0. The lowest BCUT2D eigenvalue weighted by Gasteiger charge is -2.34. The second-order valence-corrected chi connectivity index (χ2v) is 5.26. The molecule has 0 radical (unpaired) electrons. The van der Waals surface area contributed by atoms with Crippen LogP contribution in [-0.2, 0) is 18.3 Å². The molecule has 0 aliphatic carbocycles. The van der Waals surface area contributed by atoms with Crippen LogP contribution in [0, 0.1) is 6.92 Å².